The topological polar surface area (TPSA) is 108 Å². The number of fused-ring (bicyclic) bond motifs is 1. The second-order valence-electron chi connectivity index (χ2n) is 7.32. The first-order valence-corrected chi connectivity index (χ1v) is 11.0. The molecule has 0 radical (unpaired) electrons. The zero-order valence-electron chi connectivity index (χ0n) is 17.7. The number of ether oxygens (including phenoxy) is 2. The normalized spacial score (nSPS) is 12.7. The van der Waals surface area contributed by atoms with E-state index in [0.717, 1.165) is 41.7 Å². The summed E-state index contributed by atoms with van der Waals surface area (Å²) in [6, 6.07) is 9.16. The summed E-state index contributed by atoms with van der Waals surface area (Å²) in [5, 5.41) is 3.12. The number of thiophene rings is 1. The Morgan fingerprint density at radius 2 is 1.88 bits per heavy atom. The van der Waals surface area contributed by atoms with Crippen LogP contribution in [0.25, 0.3) is 11.5 Å². The summed E-state index contributed by atoms with van der Waals surface area (Å²) in [6.45, 7) is 1.09. The van der Waals surface area contributed by atoms with E-state index in [4.69, 9.17) is 13.9 Å². The summed E-state index contributed by atoms with van der Waals surface area (Å²) in [6.07, 6.45) is 3.67. The lowest BCUT2D eigenvalue weighted by atomic mass is 9.95. The third-order valence-electron chi connectivity index (χ3n) is 5.16. The molecule has 0 atom stereocenters. The van der Waals surface area contributed by atoms with E-state index in [1.165, 1.54) is 18.4 Å². The number of benzene rings is 1. The van der Waals surface area contributed by atoms with Gasteiger partial charge in [-0.15, -0.1) is 11.3 Å². The molecule has 1 N–H and O–H groups in total. The summed E-state index contributed by atoms with van der Waals surface area (Å²) in [4.78, 5) is 42.5. The van der Waals surface area contributed by atoms with E-state index in [9.17, 15) is 14.4 Å². The molecule has 0 bridgehead atoms. The first kappa shape index (κ1) is 21.8. The molecule has 0 unspecified atom stereocenters. The molecule has 1 aliphatic carbocycles. The highest BCUT2D eigenvalue weighted by Crippen LogP contribution is 2.38. The summed E-state index contributed by atoms with van der Waals surface area (Å²) in [7, 11) is 1.31. The predicted molar refractivity (Wildman–Crippen MR) is 118 cm³/mol. The fourth-order valence-electron chi connectivity index (χ4n) is 3.62. The number of esters is 2. The van der Waals surface area contributed by atoms with Crippen LogP contribution in [0.2, 0.25) is 0 Å². The molecule has 1 aliphatic rings. The highest BCUT2D eigenvalue weighted by atomic mass is 32.1. The first-order chi connectivity index (χ1) is 15.5. The maximum Gasteiger partial charge on any atom is 0.361 e. The van der Waals surface area contributed by atoms with Crippen molar-refractivity contribution in [3.8, 4) is 11.5 Å². The summed E-state index contributed by atoms with van der Waals surface area (Å²) >= 11 is 1.37. The van der Waals surface area contributed by atoms with Gasteiger partial charge in [0.2, 0.25) is 5.89 Å². The van der Waals surface area contributed by atoms with E-state index in [1.54, 1.807) is 6.92 Å². The number of carbonyl (C=O) groups excluding carboxylic acids is 3. The van der Waals surface area contributed by atoms with Gasteiger partial charge in [-0.3, -0.25) is 4.79 Å². The van der Waals surface area contributed by atoms with Gasteiger partial charge < -0.3 is 19.2 Å². The Bertz CT molecular complexity index is 1160. The van der Waals surface area contributed by atoms with Crippen molar-refractivity contribution in [3.63, 3.8) is 0 Å². The molecule has 0 fully saturated rings. The maximum atomic E-state index is 12.5. The van der Waals surface area contributed by atoms with Crippen molar-refractivity contribution in [2.45, 2.75) is 32.6 Å². The minimum Gasteiger partial charge on any atom is -0.465 e. The molecule has 9 heteroatoms. The van der Waals surface area contributed by atoms with Crippen molar-refractivity contribution in [3.05, 3.63) is 57.8 Å². The van der Waals surface area contributed by atoms with Crippen LogP contribution in [0.4, 0.5) is 5.00 Å². The van der Waals surface area contributed by atoms with Gasteiger partial charge >= 0.3 is 11.9 Å². The average molecular weight is 455 g/mol. The standard InChI is InChI=1S/C23H22N2O6S/c1-13-19(25-20(31-13)14-8-4-3-5-9-14)23(28)30-12-17(26)24-21-18(22(27)29-2)15-10-6-7-11-16(15)32-21/h3-5,8-9H,6-7,10-12H2,1-2H3,(H,24,26). The predicted octanol–water partition coefficient (Wildman–Crippen LogP) is 4.17. The van der Waals surface area contributed by atoms with Gasteiger partial charge in [-0.25, -0.2) is 14.6 Å². The van der Waals surface area contributed by atoms with Crippen molar-refractivity contribution < 1.29 is 28.3 Å². The van der Waals surface area contributed by atoms with Crippen LogP contribution in [0, 0.1) is 6.92 Å². The Balaban J connectivity index is 1.43. The van der Waals surface area contributed by atoms with Gasteiger partial charge in [0, 0.05) is 10.4 Å². The van der Waals surface area contributed by atoms with Crippen LogP contribution < -0.4 is 5.32 Å². The van der Waals surface area contributed by atoms with Gasteiger partial charge in [0.05, 0.1) is 12.7 Å². The third-order valence-corrected chi connectivity index (χ3v) is 6.37. The number of nitrogens with one attached hydrogen (secondary N) is 1. The number of hydrogen-bond acceptors (Lipinski definition) is 8. The molecular formula is C23H22N2O6S. The van der Waals surface area contributed by atoms with E-state index in [2.05, 4.69) is 10.3 Å². The number of oxazole rings is 1. The number of hydrogen-bond donors (Lipinski definition) is 1. The second-order valence-corrected chi connectivity index (χ2v) is 8.43. The Hall–Kier alpha value is -3.46. The van der Waals surface area contributed by atoms with Gasteiger partial charge in [-0.05, 0) is 50.3 Å². The highest BCUT2D eigenvalue weighted by molar-refractivity contribution is 7.17. The van der Waals surface area contributed by atoms with Crippen LogP contribution in [0.1, 0.15) is 49.9 Å². The lowest BCUT2D eigenvalue weighted by Gasteiger charge is -2.11. The Labute approximate surface area is 188 Å². The van der Waals surface area contributed by atoms with Crippen LogP contribution in [-0.2, 0) is 27.1 Å². The number of amides is 1. The second kappa shape index (κ2) is 9.35. The molecule has 1 amide bonds. The number of nitrogens with zero attached hydrogens (tertiary/aromatic N) is 1. The lowest BCUT2D eigenvalue weighted by molar-refractivity contribution is -0.119. The molecule has 166 valence electrons. The Morgan fingerprint density at radius 1 is 1.12 bits per heavy atom. The molecule has 8 nitrogen and oxygen atoms in total. The monoisotopic (exact) mass is 454 g/mol. The largest absolute Gasteiger partial charge is 0.465 e. The van der Waals surface area contributed by atoms with E-state index in [1.807, 2.05) is 30.3 Å². The van der Waals surface area contributed by atoms with Crippen LogP contribution in [-0.4, -0.2) is 36.5 Å². The van der Waals surface area contributed by atoms with Gasteiger partial charge in [0.15, 0.2) is 12.3 Å². The molecule has 32 heavy (non-hydrogen) atoms. The molecule has 0 aliphatic heterocycles. The van der Waals surface area contributed by atoms with Crippen LogP contribution in [0.15, 0.2) is 34.7 Å². The third kappa shape index (κ3) is 4.43. The van der Waals surface area contributed by atoms with Gasteiger partial charge in [-0.1, -0.05) is 18.2 Å². The van der Waals surface area contributed by atoms with Gasteiger partial charge in [0.1, 0.15) is 10.8 Å². The van der Waals surface area contributed by atoms with Crippen molar-refractivity contribution in [1.82, 2.24) is 4.98 Å². The molecule has 2 heterocycles. The highest BCUT2D eigenvalue weighted by Gasteiger charge is 2.27. The SMILES string of the molecule is COC(=O)c1c(NC(=O)COC(=O)c2nc(-c3ccccc3)oc2C)sc2c1CCCC2. The maximum absolute atomic E-state index is 12.5. The molecule has 0 saturated heterocycles. The van der Waals surface area contributed by atoms with E-state index in [-0.39, 0.29) is 5.69 Å². The van der Waals surface area contributed by atoms with Crippen LogP contribution >= 0.6 is 11.3 Å². The Morgan fingerprint density at radius 3 is 2.62 bits per heavy atom. The average Bonchev–Trinajstić information content (AvgIpc) is 3.37. The number of carbonyl (C=O) groups is 3. The summed E-state index contributed by atoms with van der Waals surface area (Å²) in [5.74, 6) is -1.20. The quantitative estimate of drug-likeness (QED) is 0.557. The smallest absolute Gasteiger partial charge is 0.361 e. The molecule has 2 aromatic heterocycles. The molecule has 1 aromatic carbocycles. The van der Waals surface area contributed by atoms with Crippen LogP contribution in [0.3, 0.4) is 0 Å². The number of methoxy groups -OCH3 is 1. The summed E-state index contributed by atoms with van der Waals surface area (Å²) < 4.78 is 15.6. The van der Waals surface area contributed by atoms with Crippen molar-refractivity contribution >= 4 is 34.2 Å². The van der Waals surface area contributed by atoms with E-state index >= 15 is 0 Å². The first-order valence-electron chi connectivity index (χ1n) is 10.2. The zero-order chi connectivity index (χ0) is 22.7. The van der Waals surface area contributed by atoms with Gasteiger partial charge in [-0.2, -0.15) is 0 Å². The van der Waals surface area contributed by atoms with E-state index in [0.29, 0.717) is 22.2 Å². The zero-order valence-corrected chi connectivity index (χ0v) is 18.5. The number of aromatic nitrogens is 1. The van der Waals surface area contributed by atoms with Crippen molar-refractivity contribution in [2.75, 3.05) is 19.0 Å². The van der Waals surface area contributed by atoms with Crippen molar-refractivity contribution in [2.24, 2.45) is 0 Å². The minimum atomic E-state index is -0.762. The number of anilines is 1. The van der Waals surface area contributed by atoms with Crippen molar-refractivity contribution in [1.29, 1.82) is 0 Å². The molecule has 0 spiro atoms. The molecule has 3 aromatic rings. The van der Waals surface area contributed by atoms with Crippen LogP contribution in [0.5, 0.6) is 0 Å². The summed E-state index contributed by atoms with van der Waals surface area (Å²) in [5.41, 5.74) is 2.07. The fourth-order valence-corrected chi connectivity index (χ4v) is 4.92. The van der Waals surface area contributed by atoms with E-state index < -0.39 is 24.5 Å². The lowest BCUT2D eigenvalue weighted by Crippen LogP contribution is -2.22. The molecule has 0 saturated carbocycles. The number of aryl methyl sites for hydroxylation is 2. The Kier molecular flexibility index (Phi) is 6.36. The molecular weight excluding hydrogens is 432 g/mol. The number of rotatable bonds is 6. The minimum absolute atomic E-state index is 0.0125. The molecule has 4 rings (SSSR count). The van der Waals surface area contributed by atoms with Gasteiger partial charge in [0.25, 0.3) is 5.91 Å². The fraction of sp³-hybridized carbons (Fsp3) is 0.304.